The van der Waals surface area contributed by atoms with Crippen molar-refractivity contribution in [1.29, 1.82) is 0 Å². The van der Waals surface area contributed by atoms with Gasteiger partial charge in [-0.05, 0) is 38.8 Å². The van der Waals surface area contributed by atoms with Crippen molar-refractivity contribution in [2.24, 2.45) is 0 Å². The number of carbonyl (C=O) groups is 1. The molecule has 0 spiro atoms. The molecule has 2 aliphatic rings. The van der Waals surface area contributed by atoms with Crippen molar-refractivity contribution in [3.8, 4) is 0 Å². The van der Waals surface area contributed by atoms with Crippen LogP contribution < -0.4 is 0 Å². The van der Waals surface area contributed by atoms with Crippen LogP contribution >= 0.6 is 0 Å². The van der Waals surface area contributed by atoms with E-state index in [1.54, 1.807) is 9.21 Å². The van der Waals surface area contributed by atoms with Gasteiger partial charge in [0.1, 0.15) is 6.26 Å². The van der Waals surface area contributed by atoms with Crippen LogP contribution in [0.25, 0.3) is 0 Å². The molecule has 0 bridgehead atoms. The lowest BCUT2D eigenvalue weighted by Crippen LogP contribution is -2.53. The van der Waals surface area contributed by atoms with Crippen molar-refractivity contribution in [2.75, 3.05) is 45.5 Å². The Hall–Kier alpha value is -1.45. The summed E-state index contributed by atoms with van der Waals surface area (Å²) >= 11 is 0. The molecule has 146 valence electrons. The van der Waals surface area contributed by atoms with E-state index >= 15 is 0 Å². The highest BCUT2D eigenvalue weighted by Crippen LogP contribution is 2.20. The minimum atomic E-state index is -3.33. The van der Waals surface area contributed by atoms with Gasteiger partial charge in [0.2, 0.25) is 10.0 Å². The quantitative estimate of drug-likeness (QED) is 0.728. The number of likely N-dealkylation sites (tertiary alicyclic amines) is 2. The van der Waals surface area contributed by atoms with Crippen LogP contribution in [0.15, 0.2) is 17.1 Å². The molecular formula is C17H28N4O4S. The third kappa shape index (κ3) is 4.83. The largest absolute Gasteiger partial charge is 0.451 e. The van der Waals surface area contributed by atoms with Crippen molar-refractivity contribution in [2.45, 2.75) is 38.1 Å². The van der Waals surface area contributed by atoms with E-state index in [9.17, 15) is 13.2 Å². The van der Waals surface area contributed by atoms with Crippen LogP contribution in [-0.2, 0) is 10.0 Å². The fraction of sp³-hybridized carbons (Fsp3) is 0.765. The van der Waals surface area contributed by atoms with E-state index in [-0.39, 0.29) is 17.6 Å². The van der Waals surface area contributed by atoms with Crippen molar-refractivity contribution in [1.82, 2.24) is 19.1 Å². The normalized spacial score (nSPS) is 22.7. The standard InChI is InChI=1S/C17H28N4O4S/c1-26(23,24)21(11-10-19-7-3-2-4-8-19)15-6-5-9-20(12-15)17(22)16-13-25-14-18-16/h13-15H,2-12H2,1H3. The first kappa shape index (κ1) is 19.3. The van der Waals surface area contributed by atoms with E-state index < -0.39 is 10.0 Å². The van der Waals surface area contributed by atoms with E-state index in [1.165, 1.54) is 38.2 Å². The molecule has 1 aromatic heterocycles. The average molecular weight is 385 g/mol. The predicted molar refractivity (Wildman–Crippen MR) is 97.3 cm³/mol. The Kier molecular flexibility index (Phi) is 6.31. The number of amides is 1. The third-order valence-corrected chi connectivity index (χ3v) is 6.59. The topological polar surface area (TPSA) is 87.0 Å². The van der Waals surface area contributed by atoms with Crippen molar-refractivity contribution < 1.29 is 17.6 Å². The minimum absolute atomic E-state index is 0.181. The zero-order valence-corrected chi connectivity index (χ0v) is 16.2. The summed E-state index contributed by atoms with van der Waals surface area (Å²) in [5.74, 6) is -0.201. The van der Waals surface area contributed by atoms with Crippen LogP contribution in [0.1, 0.15) is 42.6 Å². The lowest BCUT2D eigenvalue weighted by atomic mass is 10.1. The van der Waals surface area contributed by atoms with Crippen LogP contribution in [0.2, 0.25) is 0 Å². The first-order valence-electron chi connectivity index (χ1n) is 9.32. The highest BCUT2D eigenvalue weighted by atomic mass is 32.2. The van der Waals surface area contributed by atoms with Crippen LogP contribution in [0.3, 0.4) is 0 Å². The molecular weight excluding hydrogens is 356 g/mol. The van der Waals surface area contributed by atoms with Gasteiger partial charge in [-0.15, -0.1) is 0 Å². The Morgan fingerprint density at radius 1 is 1.27 bits per heavy atom. The van der Waals surface area contributed by atoms with E-state index in [4.69, 9.17) is 4.42 Å². The fourth-order valence-electron chi connectivity index (χ4n) is 3.90. The van der Waals surface area contributed by atoms with Gasteiger partial charge in [-0.3, -0.25) is 4.79 Å². The molecule has 0 aliphatic carbocycles. The second-order valence-corrected chi connectivity index (χ2v) is 9.13. The Morgan fingerprint density at radius 2 is 2.04 bits per heavy atom. The number of hydrogen-bond donors (Lipinski definition) is 0. The molecule has 1 amide bonds. The predicted octanol–water partition coefficient (Wildman–Crippen LogP) is 1.03. The SMILES string of the molecule is CS(=O)(=O)N(CCN1CCCCC1)C1CCCN(C(=O)c2cocn2)C1. The van der Waals surface area contributed by atoms with Gasteiger partial charge in [-0.1, -0.05) is 6.42 Å². The zero-order valence-electron chi connectivity index (χ0n) is 15.3. The molecule has 0 saturated carbocycles. The maximum Gasteiger partial charge on any atom is 0.275 e. The van der Waals surface area contributed by atoms with E-state index in [0.29, 0.717) is 19.6 Å². The van der Waals surface area contributed by atoms with Crippen molar-refractivity contribution in [3.05, 3.63) is 18.4 Å². The van der Waals surface area contributed by atoms with Gasteiger partial charge in [0, 0.05) is 32.2 Å². The second-order valence-electron chi connectivity index (χ2n) is 7.20. The van der Waals surface area contributed by atoms with Crippen LogP contribution in [0.4, 0.5) is 0 Å². The van der Waals surface area contributed by atoms with E-state index in [1.807, 2.05) is 0 Å². The summed E-state index contributed by atoms with van der Waals surface area (Å²) < 4.78 is 31.2. The number of piperidine rings is 2. The van der Waals surface area contributed by atoms with Gasteiger partial charge >= 0.3 is 0 Å². The summed E-state index contributed by atoms with van der Waals surface area (Å²) in [7, 11) is -3.33. The Morgan fingerprint density at radius 3 is 2.69 bits per heavy atom. The second kappa shape index (κ2) is 8.49. The molecule has 2 saturated heterocycles. The Bertz CT molecular complexity index is 686. The number of carbonyl (C=O) groups excluding carboxylic acids is 1. The molecule has 0 aromatic carbocycles. The highest BCUT2D eigenvalue weighted by molar-refractivity contribution is 7.88. The number of aromatic nitrogens is 1. The summed E-state index contributed by atoms with van der Waals surface area (Å²) in [4.78, 5) is 20.4. The summed E-state index contributed by atoms with van der Waals surface area (Å²) in [5, 5.41) is 0. The summed E-state index contributed by atoms with van der Waals surface area (Å²) in [6, 6.07) is -0.181. The highest BCUT2D eigenvalue weighted by Gasteiger charge is 2.33. The molecule has 3 rings (SSSR count). The molecule has 1 atom stereocenters. The van der Waals surface area contributed by atoms with Crippen LogP contribution in [0, 0.1) is 0 Å². The number of oxazole rings is 1. The van der Waals surface area contributed by atoms with Gasteiger partial charge in [-0.25, -0.2) is 13.4 Å². The zero-order chi connectivity index (χ0) is 18.6. The Balaban J connectivity index is 1.64. The first-order chi connectivity index (χ1) is 12.4. The molecule has 0 radical (unpaired) electrons. The molecule has 1 aromatic rings. The Labute approximate surface area is 155 Å². The van der Waals surface area contributed by atoms with Gasteiger partial charge in [-0.2, -0.15) is 4.31 Å². The number of hydrogen-bond acceptors (Lipinski definition) is 6. The maximum atomic E-state index is 12.5. The average Bonchev–Trinajstić information content (AvgIpc) is 3.16. The maximum absolute atomic E-state index is 12.5. The number of sulfonamides is 1. The molecule has 8 nitrogen and oxygen atoms in total. The summed E-state index contributed by atoms with van der Waals surface area (Å²) in [6.07, 6.45) is 9.01. The summed E-state index contributed by atoms with van der Waals surface area (Å²) in [5.41, 5.74) is 0.268. The van der Waals surface area contributed by atoms with Gasteiger partial charge < -0.3 is 14.2 Å². The first-order valence-corrected chi connectivity index (χ1v) is 11.2. The smallest absolute Gasteiger partial charge is 0.275 e. The molecule has 2 fully saturated rings. The molecule has 26 heavy (non-hydrogen) atoms. The molecule has 2 aliphatic heterocycles. The van der Waals surface area contributed by atoms with Gasteiger partial charge in [0.15, 0.2) is 12.1 Å². The minimum Gasteiger partial charge on any atom is -0.451 e. The third-order valence-electron chi connectivity index (χ3n) is 5.25. The molecule has 9 heteroatoms. The van der Waals surface area contributed by atoms with Crippen molar-refractivity contribution >= 4 is 15.9 Å². The molecule has 1 unspecified atom stereocenters. The summed E-state index contributed by atoms with van der Waals surface area (Å²) in [6.45, 7) is 4.33. The number of nitrogens with zero attached hydrogens (tertiary/aromatic N) is 4. The monoisotopic (exact) mass is 384 g/mol. The fourth-order valence-corrected chi connectivity index (χ4v) is 5.02. The van der Waals surface area contributed by atoms with Crippen LogP contribution in [0.5, 0.6) is 0 Å². The van der Waals surface area contributed by atoms with Gasteiger partial charge in [0.25, 0.3) is 5.91 Å². The van der Waals surface area contributed by atoms with E-state index in [2.05, 4.69) is 9.88 Å². The molecule has 3 heterocycles. The van der Waals surface area contributed by atoms with Gasteiger partial charge in [0.05, 0.1) is 6.26 Å². The van der Waals surface area contributed by atoms with Crippen molar-refractivity contribution in [3.63, 3.8) is 0 Å². The van der Waals surface area contributed by atoms with Crippen LogP contribution in [-0.4, -0.2) is 85.0 Å². The van der Waals surface area contributed by atoms with E-state index in [0.717, 1.165) is 32.5 Å². The number of rotatable bonds is 6. The lowest BCUT2D eigenvalue weighted by molar-refractivity contribution is 0.0641. The molecule has 0 N–H and O–H groups in total. The lowest BCUT2D eigenvalue weighted by Gasteiger charge is -2.39.